The van der Waals surface area contributed by atoms with Crippen molar-refractivity contribution in [1.29, 1.82) is 0 Å². The number of fused-ring (bicyclic) bond motifs is 1. The molecule has 0 radical (unpaired) electrons. The Morgan fingerprint density at radius 1 is 1.19 bits per heavy atom. The molecule has 1 atom stereocenters. The molecule has 1 fully saturated rings. The fourth-order valence-corrected chi connectivity index (χ4v) is 3.77. The van der Waals surface area contributed by atoms with Gasteiger partial charge in [0, 0.05) is 23.5 Å². The molecule has 1 saturated heterocycles. The van der Waals surface area contributed by atoms with E-state index < -0.39 is 0 Å². The SMILES string of the molecule is Cc1nc(N2CCCC2C(=O)NCc2ccccc2Cl)nc2ccccc12. The summed E-state index contributed by atoms with van der Waals surface area (Å²) in [6.45, 7) is 3.18. The van der Waals surface area contributed by atoms with Gasteiger partial charge in [-0.3, -0.25) is 4.79 Å². The first kappa shape index (κ1) is 17.7. The highest BCUT2D eigenvalue weighted by molar-refractivity contribution is 6.31. The third-order valence-electron chi connectivity index (χ3n) is 5.01. The molecule has 6 heteroatoms. The summed E-state index contributed by atoms with van der Waals surface area (Å²) in [5.74, 6) is 0.614. The van der Waals surface area contributed by atoms with E-state index in [9.17, 15) is 4.79 Å². The van der Waals surface area contributed by atoms with E-state index in [1.807, 2.05) is 60.4 Å². The number of carbonyl (C=O) groups excluding carboxylic acids is 1. The van der Waals surface area contributed by atoms with E-state index in [-0.39, 0.29) is 11.9 Å². The van der Waals surface area contributed by atoms with Gasteiger partial charge in [-0.25, -0.2) is 9.97 Å². The zero-order valence-corrected chi connectivity index (χ0v) is 15.9. The number of hydrogen-bond donors (Lipinski definition) is 1. The summed E-state index contributed by atoms with van der Waals surface area (Å²) in [4.78, 5) is 24.2. The maximum atomic E-state index is 12.8. The number of anilines is 1. The molecule has 1 unspecified atom stereocenters. The van der Waals surface area contributed by atoms with E-state index in [0.717, 1.165) is 41.5 Å². The monoisotopic (exact) mass is 380 g/mol. The van der Waals surface area contributed by atoms with Crippen molar-refractivity contribution in [3.05, 3.63) is 64.8 Å². The average molecular weight is 381 g/mol. The number of nitrogens with zero attached hydrogens (tertiary/aromatic N) is 3. The van der Waals surface area contributed by atoms with Crippen molar-refractivity contribution < 1.29 is 4.79 Å². The summed E-state index contributed by atoms with van der Waals surface area (Å²) in [6.07, 6.45) is 1.74. The number of carbonyl (C=O) groups is 1. The van der Waals surface area contributed by atoms with Crippen molar-refractivity contribution in [2.24, 2.45) is 0 Å². The second-order valence-electron chi connectivity index (χ2n) is 6.79. The molecule has 0 bridgehead atoms. The largest absolute Gasteiger partial charge is 0.350 e. The van der Waals surface area contributed by atoms with Gasteiger partial charge in [-0.05, 0) is 37.5 Å². The van der Waals surface area contributed by atoms with Crippen LogP contribution in [0.25, 0.3) is 10.9 Å². The maximum absolute atomic E-state index is 12.8. The molecule has 0 spiro atoms. The first-order valence-electron chi connectivity index (χ1n) is 9.14. The summed E-state index contributed by atoms with van der Waals surface area (Å²) >= 11 is 6.18. The minimum absolute atomic E-state index is 0.0122. The summed E-state index contributed by atoms with van der Waals surface area (Å²) in [7, 11) is 0. The fourth-order valence-electron chi connectivity index (χ4n) is 3.57. The van der Waals surface area contributed by atoms with Crippen molar-refractivity contribution in [3.8, 4) is 0 Å². The molecule has 0 saturated carbocycles. The third kappa shape index (κ3) is 3.60. The Morgan fingerprint density at radius 3 is 2.81 bits per heavy atom. The van der Waals surface area contributed by atoms with Crippen molar-refractivity contribution in [2.45, 2.75) is 32.4 Å². The summed E-state index contributed by atoms with van der Waals surface area (Å²) in [5, 5.41) is 4.72. The number of halogens is 1. The van der Waals surface area contributed by atoms with E-state index in [4.69, 9.17) is 16.6 Å². The predicted molar refractivity (Wildman–Crippen MR) is 108 cm³/mol. The zero-order valence-electron chi connectivity index (χ0n) is 15.2. The average Bonchev–Trinajstić information content (AvgIpc) is 3.17. The lowest BCUT2D eigenvalue weighted by Gasteiger charge is -2.24. The molecule has 3 aromatic rings. The van der Waals surface area contributed by atoms with Gasteiger partial charge in [-0.1, -0.05) is 48.0 Å². The molecule has 4 rings (SSSR count). The predicted octanol–water partition coefficient (Wildman–Crippen LogP) is 3.88. The summed E-state index contributed by atoms with van der Waals surface area (Å²) < 4.78 is 0. The van der Waals surface area contributed by atoms with Crippen LogP contribution >= 0.6 is 11.6 Å². The third-order valence-corrected chi connectivity index (χ3v) is 5.37. The second-order valence-corrected chi connectivity index (χ2v) is 7.19. The topological polar surface area (TPSA) is 58.1 Å². The van der Waals surface area contributed by atoms with Crippen LogP contribution in [0, 0.1) is 6.92 Å². The maximum Gasteiger partial charge on any atom is 0.243 e. The second kappa shape index (κ2) is 7.53. The quantitative estimate of drug-likeness (QED) is 0.746. The van der Waals surface area contributed by atoms with Crippen LogP contribution < -0.4 is 10.2 Å². The van der Waals surface area contributed by atoms with Crippen LogP contribution in [-0.2, 0) is 11.3 Å². The number of aromatic nitrogens is 2. The van der Waals surface area contributed by atoms with Crippen LogP contribution in [-0.4, -0.2) is 28.5 Å². The molecular weight excluding hydrogens is 360 g/mol. The van der Waals surface area contributed by atoms with Gasteiger partial charge in [0.25, 0.3) is 0 Å². The van der Waals surface area contributed by atoms with E-state index in [1.54, 1.807) is 0 Å². The first-order chi connectivity index (χ1) is 13.1. The van der Waals surface area contributed by atoms with Crippen molar-refractivity contribution >= 4 is 34.4 Å². The number of amides is 1. The number of rotatable bonds is 4. The van der Waals surface area contributed by atoms with E-state index >= 15 is 0 Å². The van der Waals surface area contributed by atoms with Crippen LogP contribution in [0.5, 0.6) is 0 Å². The van der Waals surface area contributed by atoms with Crippen molar-refractivity contribution in [1.82, 2.24) is 15.3 Å². The van der Waals surface area contributed by atoms with Gasteiger partial charge in [-0.15, -0.1) is 0 Å². The standard InChI is InChI=1S/C21H21ClN4O/c1-14-16-8-3-5-10-18(16)25-21(24-14)26-12-6-11-19(26)20(27)23-13-15-7-2-4-9-17(15)22/h2-5,7-10,19H,6,11-13H2,1H3,(H,23,27). The lowest BCUT2D eigenvalue weighted by atomic mass is 10.2. The minimum atomic E-state index is -0.256. The highest BCUT2D eigenvalue weighted by atomic mass is 35.5. The number of aryl methyl sites for hydroxylation is 1. The molecule has 1 aliphatic heterocycles. The summed E-state index contributed by atoms with van der Waals surface area (Å²) in [6, 6.07) is 15.2. The van der Waals surface area contributed by atoms with Gasteiger partial charge >= 0.3 is 0 Å². The molecule has 0 aliphatic carbocycles. The number of para-hydroxylation sites is 1. The molecular formula is C21H21ClN4O. The highest BCUT2D eigenvalue weighted by Crippen LogP contribution is 2.26. The molecule has 1 aromatic heterocycles. The van der Waals surface area contributed by atoms with Crippen molar-refractivity contribution in [2.75, 3.05) is 11.4 Å². The Labute approximate surface area is 163 Å². The highest BCUT2D eigenvalue weighted by Gasteiger charge is 2.32. The van der Waals surface area contributed by atoms with Crippen LogP contribution in [0.15, 0.2) is 48.5 Å². The van der Waals surface area contributed by atoms with Crippen LogP contribution in [0.4, 0.5) is 5.95 Å². The molecule has 5 nitrogen and oxygen atoms in total. The van der Waals surface area contributed by atoms with Crippen molar-refractivity contribution in [3.63, 3.8) is 0 Å². The molecule has 2 aromatic carbocycles. The van der Waals surface area contributed by atoms with E-state index in [1.165, 1.54) is 0 Å². The van der Waals surface area contributed by atoms with Gasteiger partial charge < -0.3 is 10.2 Å². The minimum Gasteiger partial charge on any atom is -0.350 e. The number of hydrogen-bond acceptors (Lipinski definition) is 4. The van der Waals surface area contributed by atoms with Crippen LogP contribution in [0.2, 0.25) is 5.02 Å². The Morgan fingerprint density at radius 2 is 1.96 bits per heavy atom. The van der Waals surface area contributed by atoms with Gasteiger partial charge in [0.1, 0.15) is 6.04 Å². The van der Waals surface area contributed by atoms with Gasteiger partial charge in [0.2, 0.25) is 11.9 Å². The summed E-state index contributed by atoms with van der Waals surface area (Å²) in [5.41, 5.74) is 2.75. The Bertz CT molecular complexity index is 991. The smallest absolute Gasteiger partial charge is 0.243 e. The number of nitrogens with one attached hydrogen (secondary N) is 1. The molecule has 1 N–H and O–H groups in total. The molecule has 27 heavy (non-hydrogen) atoms. The Kier molecular flexibility index (Phi) is 4.94. The van der Waals surface area contributed by atoms with Gasteiger partial charge in [-0.2, -0.15) is 0 Å². The van der Waals surface area contributed by atoms with Crippen LogP contribution in [0.3, 0.4) is 0 Å². The molecule has 1 aliphatic rings. The normalized spacial score (nSPS) is 16.7. The lowest BCUT2D eigenvalue weighted by Crippen LogP contribution is -2.43. The van der Waals surface area contributed by atoms with Crippen LogP contribution in [0.1, 0.15) is 24.1 Å². The van der Waals surface area contributed by atoms with Gasteiger partial charge in [0.15, 0.2) is 0 Å². The Hall–Kier alpha value is -2.66. The Balaban J connectivity index is 1.53. The van der Waals surface area contributed by atoms with Gasteiger partial charge in [0.05, 0.1) is 11.2 Å². The zero-order chi connectivity index (χ0) is 18.8. The first-order valence-corrected chi connectivity index (χ1v) is 9.52. The van der Waals surface area contributed by atoms with E-state index in [0.29, 0.717) is 17.5 Å². The molecule has 1 amide bonds. The number of benzene rings is 2. The fraction of sp³-hybridized carbons (Fsp3) is 0.286. The van der Waals surface area contributed by atoms with E-state index in [2.05, 4.69) is 10.3 Å². The molecule has 2 heterocycles. The molecule has 138 valence electrons. The lowest BCUT2D eigenvalue weighted by molar-refractivity contribution is -0.122.